The lowest BCUT2D eigenvalue weighted by Gasteiger charge is -2.26. The van der Waals surface area contributed by atoms with E-state index in [9.17, 15) is 37.4 Å². The summed E-state index contributed by atoms with van der Waals surface area (Å²) < 4.78 is 70.2. The van der Waals surface area contributed by atoms with Gasteiger partial charge in [-0.15, -0.1) is 0 Å². The lowest BCUT2D eigenvalue weighted by atomic mass is 10.0. The molecule has 0 bridgehead atoms. The average Bonchev–Trinajstić information content (AvgIpc) is 3.32. The Balaban J connectivity index is 1.74. The minimum atomic E-state index is -4.95. The molecule has 1 saturated heterocycles. The van der Waals surface area contributed by atoms with Crippen molar-refractivity contribution in [2.45, 2.75) is 34.5 Å². The number of benzene rings is 2. The Hall–Kier alpha value is -2.54. The number of carboxylic acid groups (broad SMARTS) is 1. The van der Waals surface area contributed by atoms with E-state index in [2.05, 4.69) is 0 Å². The number of β-amino-alcohol motifs (C(OH)–C–C–N with tert-alkyl or cyclic N) is 1. The Morgan fingerprint density at radius 1 is 1.14 bits per heavy atom. The van der Waals surface area contributed by atoms with E-state index in [1.165, 1.54) is 24.3 Å². The second kappa shape index (κ2) is 9.40. The third kappa shape index (κ3) is 4.51. The SMILES string of the molecule is O=C([O-])c1cccc(Sc2c(Cl)n(CC(=O)N3CCC(O)(C(F)(F)F)C3)c3c(F)c(Cl)ccc23)c1F. The van der Waals surface area contributed by atoms with Crippen molar-refractivity contribution in [2.75, 3.05) is 13.1 Å². The van der Waals surface area contributed by atoms with Gasteiger partial charge in [0.2, 0.25) is 5.91 Å². The standard InChI is InChI=1S/C22H15Cl2F5N2O4S/c23-12-5-4-11-17(16(12)26)31(8-14(32)30-7-6-21(35,9-30)22(27,28)29)19(24)18(11)36-13-3-1-2-10(15(13)25)20(33)34/h1-5,35H,6-9H2,(H,33,34)/p-1. The van der Waals surface area contributed by atoms with Gasteiger partial charge in [-0.25, -0.2) is 8.78 Å². The van der Waals surface area contributed by atoms with Crippen LogP contribution < -0.4 is 5.11 Å². The van der Waals surface area contributed by atoms with Crippen molar-refractivity contribution in [3.05, 3.63) is 57.7 Å². The maximum Gasteiger partial charge on any atom is 0.419 e. The molecule has 0 saturated carbocycles. The third-order valence-corrected chi connectivity index (χ3v) is 7.77. The van der Waals surface area contributed by atoms with Crippen LogP contribution in [0.2, 0.25) is 10.2 Å². The molecule has 1 aromatic heterocycles. The van der Waals surface area contributed by atoms with Gasteiger partial charge in [-0.1, -0.05) is 47.1 Å². The highest BCUT2D eigenvalue weighted by Gasteiger charge is 2.57. The number of hydrogen-bond donors (Lipinski definition) is 1. The van der Waals surface area contributed by atoms with Crippen LogP contribution in [0.1, 0.15) is 16.8 Å². The summed E-state index contributed by atoms with van der Waals surface area (Å²) in [4.78, 5) is 24.7. The molecular weight excluding hydrogens is 554 g/mol. The monoisotopic (exact) mass is 567 g/mol. The zero-order chi connectivity index (χ0) is 26.6. The number of likely N-dealkylation sites (tertiary alicyclic amines) is 1. The van der Waals surface area contributed by atoms with Crippen LogP contribution in [-0.2, 0) is 11.3 Å². The van der Waals surface area contributed by atoms with Crippen LogP contribution >= 0.6 is 35.0 Å². The van der Waals surface area contributed by atoms with Crippen LogP contribution in [0.3, 0.4) is 0 Å². The zero-order valence-corrected chi connectivity index (χ0v) is 20.2. The Labute approximate surface area is 214 Å². The molecule has 0 radical (unpaired) electrons. The molecule has 2 aromatic carbocycles. The number of amides is 1. The summed E-state index contributed by atoms with van der Waals surface area (Å²) in [5, 5.41) is 20.5. The average molecular weight is 568 g/mol. The molecule has 1 fully saturated rings. The van der Waals surface area contributed by atoms with Crippen molar-refractivity contribution in [1.29, 1.82) is 0 Å². The first-order chi connectivity index (χ1) is 16.7. The molecule has 1 atom stereocenters. The number of carbonyl (C=O) groups is 2. The quantitative estimate of drug-likeness (QED) is 0.465. The molecule has 6 nitrogen and oxygen atoms in total. The number of aliphatic hydroxyl groups is 1. The molecule has 1 unspecified atom stereocenters. The van der Waals surface area contributed by atoms with Crippen LogP contribution in [0, 0.1) is 11.6 Å². The zero-order valence-electron chi connectivity index (χ0n) is 17.8. The molecule has 0 aliphatic carbocycles. The number of rotatable bonds is 5. The molecular formula is C22H14Cl2F5N2O4S-. The van der Waals surface area contributed by atoms with Crippen molar-refractivity contribution in [1.82, 2.24) is 9.47 Å². The van der Waals surface area contributed by atoms with E-state index in [0.717, 1.165) is 15.5 Å². The summed E-state index contributed by atoms with van der Waals surface area (Å²) in [6.07, 6.45) is -5.68. The number of halogens is 7. The van der Waals surface area contributed by atoms with Crippen LogP contribution in [0.25, 0.3) is 10.9 Å². The Bertz CT molecular complexity index is 1400. The largest absolute Gasteiger partial charge is 0.545 e. The fraction of sp³-hybridized carbons (Fsp3) is 0.273. The number of aromatic nitrogens is 1. The minimum absolute atomic E-state index is 0.0534. The first kappa shape index (κ1) is 26.5. The van der Waals surface area contributed by atoms with Gasteiger partial charge in [0.1, 0.15) is 17.5 Å². The molecule has 3 aromatic rings. The number of nitrogens with zero attached hydrogens (tertiary/aromatic N) is 2. The van der Waals surface area contributed by atoms with Crippen molar-refractivity contribution >= 4 is 57.7 Å². The van der Waals surface area contributed by atoms with Crippen molar-refractivity contribution in [3.8, 4) is 0 Å². The van der Waals surface area contributed by atoms with Gasteiger partial charge in [-0.05, 0) is 18.2 Å². The number of aromatic carboxylic acids is 1. The summed E-state index contributed by atoms with van der Waals surface area (Å²) in [6, 6.07) is 6.07. The number of carboxylic acids is 1. The van der Waals surface area contributed by atoms with E-state index < -0.39 is 66.9 Å². The summed E-state index contributed by atoms with van der Waals surface area (Å²) in [5.74, 6) is -4.73. The minimum Gasteiger partial charge on any atom is -0.545 e. The number of fused-ring (bicyclic) bond motifs is 1. The molecule has 2 heterocycles. The van der Waals surface area contributed by atoms with Gasteiger partial charge < -0.3 is 24.5 Å². The molecule has 1 N–H and O–H groups in total. The topological polar surface area (TPSA) is 85.6 Å². The first-order valence-corrected chi connectivity index (χ1v) is 11.7. The number of hydrogen-bond acceptors (Lipinski definition) is 5. The van der Waals surface area contributed by atoms with Gasteiger partial charge >= 0.3 is 6.18 Å². The molecule has 1 amide bonds. The number of alkyl halides is 3. The fourth-order valence-electron chi connectivity index (χ4n) is 3.89. The Morgan fingerprint density at radius 3 is 2.44 bits per heavy atom. The highest BCUT2D eigenvalue weighted by atomic mass is 35.5. The third-order valence-electron chi connectivity index (χ3n) is 5.82. The summed E-state index contributed by atoms with van der Waals surface area (Å²) in [7, 11) is 0. The van der Waals surface area contributed by atoms with E-state index in [1.54, 1.807) is 0 Å². The molecule has 0 spiro atoms. The van der Waals surface area contributed by atoms with Gasteiger partial charge in [0.25, 0.3) is 0 Å². The van der Waals surface area contributed by atoms with Crippen molar-refractivity contribution in [3.63, 3.8) is 0 Å². The van der Waals surface area contributed by atoms with Crippen LogP contribution in [-0.4, -0.2) is 51.3 Å². The van der Waals surface area contributed by atoms with Gasteiger partial charge in [0.15, 0.2) is 11.4 Å². The van der Waals surface area contributed by atoms with E-state index in [0.29, 0.717) is 11.8 Å². The smallest absolute Gasteiger partial charge is 0.419 e. The van der Waals surface area contributed by atoms with E-state index >= 15 is 4.39 Å². The Kier molecular flexibility index (Phi) is 6.93. The molecule has 1 aliphatic rings. The lowest BCUT2D eigenvalue weighted by molar-refractivity contribution is -0.255. The summed E-state index contributed by atoms with van der Waals surface area (Å²) in [5.41, 5.74) is -4.04. The van der Waals surface area contributed by atoms with E-state index in [-0.39, 0.29) is 30.9 Å². The molecule has 4 rings (SSSR count). The van der Waals surface area contributed by atoms with Crippen LogP contribution in [0.15, 0.2) is 40.1 Å². The molecule has 36 heavy (non-hydrogen) atoms. The lowest BCUT2D eigenvalue weighted by Crippen LogP contribution is -2.48. The molecule has 14 heteroatoms. The molecule has 1 aliphatic heterocycles. The highest BCUT2D eigenvalue weighted by molar-refractivity contribution is 7.99. The summed E-state index contributed by atoms with van der Waals surface area (Å²) >= 11 is 13.0. The van der Waals surface area contributed by atoms with E-state index in [1.807, 2.05) is 0 Å². The predicted molar refractivity (Wildman–Crippen MR) is 119 cm³/mol. The van der Waals surface area contributed by atoms with Gasteiger partial charge in [-0.2, -0.15) is 13.2 Å². The maximum absolute atomic E-state index is 15.1. The fourth-order valence-corrected chi connectivity index (χ4v) is 5.44. The van der Waals surface area contributed by atoms with Crippen molar-refractivity contribution < 1.29 is 41.8 Å². The molecule has 192 valence electrons. The predicted octanol–water partition coefficient (Wildman–Crippen LogP) is 4.27. The Morgan fingerprint density at radius 2 is 1.83 bits per heavy atom. The second-order valence-corrected chi connectivity index (χ2v) is 9.88. The van der Waals surface area contributed by atoms with Gasteiger partial charge in [-0.3, -0.25) is 4.79 Å². The maximum atomic E-state index is 15.1. The summed E-state index contributed by atoms with van der Waals surface area (Å²) in [6.45, 7) is -2.10. The van der Waals surface area contributed by atoms with E-state index in [4.69, 9.17) is 23.2 Å². The number of carbonyl (C=O) groups excluding carboxylic acids is 2. The van der Waals surface area contributed by atoms with Crippen molar-refractivity contribution in [2.24, 2.45) is 0 Å². The van der Waals surface area contributed by atoms with Gasteiger partial charge in [0, 0.05) is 28.8 Å². The second-order valence-electron chi connectivity index (χ2n) is 8.07. The normalized spacial score (nSPS) is 18.3. The van der Waals surface area contributed by atoms with Crippen LogP contribution in [0.4, 0.5) is 22.0 Å². The van der Waals surface area contributed by atoms with Gasteiger partial charge in [0.05, 0.1) is 27.9 Å². The highest BCUT2D eigenvalue weighted by Crippen LogP contribution is 2.44. The van der Waals surface area contributed by atoms with Crippen LogP contribution in [0.5, 0.6) is 0 Å². The first-order valence-electron chi connectivity index (χ1n) is 10.2.